The van der Waals surface area contributed by atoms with E-state index in [0.717, 1.165) is 22.5 Å². The number of nitrogens with one attached hydrogen (secondary N) is 1. The summed E-state index contributed by atoms with van der Waals surface area (Å²) in [6.07, 6.45) is 0.208. The molecule has 1 amide bonds. The van der Waals surface area contributed by atoms with Crippen LogP contribution in [0.2, 0.25) is 0 Å². The molecule has 1 heterocycles. The quantitative estimate of drug-likeness (QED) is 0.920. The maximum atomic E-state index is 12.0. The Kier molecular flexibility index (Phi) is 3.69. The number of aromatic nitrogens is 1. The van der Waals surface area contributed by atoms with Crippen LogP contribution in [0.5, 0.6) is 0 Å². The van der Waals surface area contributed by atoms with Crippen molar-refractivity contribution in [1.29, 1.82) is 0 Å². The largest absolute Gasteiger partial charge is 0.445 e. The molecule has 0 aliphatic rings. The monoisotopic (exact) mass is 258 g/mol. The molecule has 0 atom stereocenters. The summed E-state index contributed by atoms with van der Waals surface area (Å²) in [7, 11) is 0. The number of hydrogen-bond acceptors (Lipinski definition) is 3. The molecular weight excluding hydrogens is 240 g/mol. The van der Waals surface area contributed by atoms with Crippen molar-refractivity contribution in [3.63, 3.8) is 0 Å². The van der Waals surface area contributed by atoms with E-state index < -0.39 is 0 Å². The number of rotatable bonds is 3. The summed E-state index contributed by atoms with van der Waals surface area (Å²) in [6, 6.07) is 5.86. The molecule has 0 spiro atoms. The lowest BCUT2D eigenvalue weighted by molar-refractivity contribution is -0.115. The Bertz CT molecular complexity index is 615. The van der Waals surface area contributed by atoms with Gasteiger partial charge in [0.05, 0.1) is 12.1 Å². The Labute approximate surface area is 112 Å². The maximum Gasteiger partial charge on any atom is 0.232 e. The van der Waals surface area contributed by atoms with Crippen molar-refractivity contribution in [3.05, 3.63) is 46.7 Å². The molecule has 1 N–H and O–H groups in total. The SMILES string of the molecule is Cc1nc(C)c(CC(=O)Nc2cccc(C)c2C)o1. The first-order valence-electron chi connectivity index (χ1n) is 6.26. The first-order valence-corrected chi connectivity index (χ1v) is 6.26. The molecule has 2 rings (SSSR count). The van der Waals surface area contributed by atoms with Gasteiger partial charge in [-0.25, -0.2) is 4.98 Å². The van der Waals surface area contributed by atoms with Crippen molar-refractivity contribution in [2.24, 2.45) is 0 Å². The minimum absolute atomic E-state index is 0.0899. The van der Waals surface area contributed by atoms with Crippen molar-refractivity contribution in [2.45, 2.75) is 34.1 Å². The van der Waals surface area contributed by atoms with Crippen molar-refractivity contribution in [2.75, 3.05) is 5.32 Å². The molecule has 0 aliphatic carbocycles. The fourth-order valence-electron chi connectivity index (χ4n) is 1.96. The Balaban J connectivity index is 2.10. The van der Waals surface area contributed by atoms with Gasteiger partial charge in [0.1, 0.15) is 5.76 Å². The van der Waals surface area contributed by atoms with E-state index in [-0.39, 0.29) is 12.3 Å². The van der Waals surface area contributed by atoms with Crippen LogP contribution in [0.25, 0.3) is 0 Å². The highest BCUT2D eigenvalue weighted by Crippen LogP contribution is 2.18. The average molecular weight is 258 g/mol. The molecular formula is C15H18N2O2. The van der Waals surface area contributed by atoms with Crippen molar-refractivity contribution < 1.29 is 9.21 Å². The van der Waals surface area contributed by atoms with Gasteiger partial charge in [-0.05, 0) is 38.0 Å². The minimum atomic E-state index is -0.0899. The van der Waals surface area contributed by atoms with Crippen LogP contribution in [-0.4, -0.2) is 10.9 Å². The van der Waals surface area contributed by atoms with Gasteiger partial charge in [-0.15, -0.1) is 0 Å². The molecule has 0 aliphatic heterocycles. The Morgan fingerprint density at radius 3 is 2.63 bits per heavy atom. The van der Waals surface area contributed by atoms with Gasteiger partial charge in [0.2, 0.25) is 5.91 Å². The van der Waals surface area contributed by atoms with E-state index in [4.69, 9.17) is 4.42 Å². The van der Waals surface area contributed by atoms with E-state index in [1.807, 2.05) is 39.0 Å². The normalized spacial score (nSPS) is 10.5. The van der Waals surface area contributed by atoms with Gasteiger partial charge in [-0.1, -0.05) is 12.1 Å². The summed E-state index contributed by atoms with van der Waals surface area (Å²) >= 11 is 0. The van der Waals surface area contributed by atoms with E-state index in [0.29, 0.717) is 11.7 Å². The second-order valence-corrected chi connectivity index (χ2v) is 4.71. The van der Waals surface area contributed by atoms with Gasteiger partial charge < -0.3 is 9.73 Å². The first-order chi connectivity index (χ1) is 8.97. The third-order valence-corrected chi connectivity index (χ3v) is 3.20. The van der Waals surface area contributed by atoms with Crippen LogP contribution in [-0.2, 0) is 11.2 Å². The van der Waals surface area contributed by atoms with Gasteiger partial charge >= 0.3 is 0 Å². The van der Waals surface area contributed by atoms with Crippen LogP contribution in [0.4, 0.5) is 5.69 Å². The molecule has 0 unspecified atom stereocenters. The summed E-state index contributed by atoms with van der Waals surface area (Å²) < 4.78 is 5.40. The molecule has 0 bridgehead atoms. The highest BCUT2D eigenvalue weighted by Gasteiger charge is 2.13. The minimum Gasteiger partial charge on any atom is -0.445 e. The molecule has 4 heteroatoms. The van der Waals surface area contributed by atoms with Crippen LogP contribution in [0.15, 0.2) is 22.6 Å². The third-order valence-electron chi connectivity index (χ3n) is 3.20. The topological polar surface area (TPSA) is 55.1 Å². The van der Waals surface area contributed by atoms with Crippen LogP contribution >= 0.6 is 0 Å². The highest BCUT2D eigenvalue weighted by molar-refractivity contribution is 5.92. The molecule has 1 aromatic carbocycles. The summed E-state index contributed by atoms with van der Waals surface area (Å²) in [5.74, 6) is 1.13. The highest BCUT2D eigenvalue weighted by atomic mass is 16.4. The lowest BCUT2D eigenvalue weighted by Gasteiger charge is -2.09. The van der Waals surface area contributed by atoms with E-state index >= 15 is 0 Å². The van der Waals surface area contributed by atoms with Crippen molar-refractivity contribution in [1.82, 2.24) is 4.98 Å². The van der Waals surface area contributed by atoms with Gasteiger partial charge in [-0.3, -0.25) is 4.79 Å². The molecule has 0 saturated carbocycles. The van der Waals surface area contributed by atoms with Gasteiger partial charge in [0, 0.05) is 12.6 Å². The van der Waals surface area contributed by atoms with E-state index in [1.54, 1.807) is 6.92 Å². The molecule has 100 valence electrons. The van der Waals surface area contributed by atoms with Crippen LogP contribution in [0.1, 0.15) is 28.5 Å². The lowest BCUT2D eigenvalue weighted by Crippen LogP contribution is -2.15. The summed E-state index contributed by atoms with van der Waals surface area (Å²) in [4.78, 5) is 16.2. The maximum absolute atomic E-state index is 12.0. The van der Waals surface area contributed by atoms with Gasteiger partial charge in [-0.2, -0.15) is 0 Å². The number of aryl methyl sites for hydroxylation is 3. The predicted molar refractivity (Wildman–Crippen MR) is 74.2 cm³/mol. The van der Waals surface area contributed by atoms with E-state index in [9.17, 15) is 4.79 Å². The Hall–Kier alpha value is -2.10. The smallest absolute Gasteiger partial charge is 0.232 e. The number of benzene rings is 1. The number of amides is 1. The summed E-state index contributed by atoms with van der Waals surface area (Å²) in [5, 5.41) is 2.91. The number of nitrogens with zero attached hydrogens (tertiary/aromatic N) is 1. The number of hydrogen-bond donors (Lipinski definition) is 1. The third kappa shape index (κ3) is 3.02. The zero-order valence-corrected chi connectivity index (χ0v) is 11.7. The fraction of sp³-hybridized carbons (Fsp3) is 0.333. The lowest BCUT2D eigenvalue weighted by atomic mass is 10.1. The number of carbonyl (C=O) groups is 1. The molecule has 0 fully saturated rings. The molecule has 4 nitrogen and oxygen atoms in total. The van der Waals surface area contributed by atoms with Gasteiger partial charge in [0.15, 0.2) is 5.89 Å². The fourth-order valence-corrected chi connectivity index (χ4v) is 1.96. The van der Waals surface area contributed by atoms with Crippen LogP contribution < -0.4 is 5.32 Å². The van der Waals surface area contributed by atoms with Crippen LogP contribution in [0, 0.1) is 27.7 Å². The van der Waals surface area contributed by atoms with Crippen molar-refractivity contribution in [3.8, 4) is 0 Å². The molecule has 0 radical (unpaired) electrons. The zero-order chi connectivity index (χ0) is 14.0. The number of carbonyl (C=O) groups excluding carboxylic acids is 1. The predicted octanol–water partition coefficient (Wildman–Crippen LogP) is 3.09. The molecule has 2 aromatic rings. The molecule has 1 aromatic heterocycles. The summed E-state index contributed by atoms with van der Waals surface area (Å²) in [5.41, 5.74) is 3.86. The number of oxazole rings is 1. The Morgan fingerprint density at radius 2 is 2.00 bits per heavy atom. The average Bonchev–Trinajstić information content (AvgIpc) is 2.64. The first kappa shape index (κ1) is 13.3. The second kappa shape index (κ2) is 5.26. The Morgan fingerprint density at radius 1 is 1.26 bits per heavy atom. The van der Waals surface area contributed by atoms with Crippen LogP contribution in [0.3, 0.4) is 0 Å². The van der Waals surface area contributed by atoms with E-state index in [2.05, 4.69) is 10.3 Å². The van der Waals surface area contributed by atoms with Crippen molar-refractivity contribution >= 4 is 11.6 Å². The zero-order valence-electron chi connectivity index (χ0n) is 11.7. The summed E-state index contributed by atoms with van der Waals surface area (Å²) in [6.45, 7) is 7.64. The van der Waals surface area contributed by atoms with E-state index in [1.165, 1.54) is 0 Å². The molecule has 19 heavy (non-hydrogen) atoms. The number of anilines is 1. The second-order valence-electron chi connectivity index (χ2n) is 4.71. The van der Waals surface area contributed by atoms with Gasteiger partial charge in [0.25, 0.3) is 0 Å². The standard InChI is InChI=1S/C15H18N2O2/c1-9-6-5-7-13(10(9)2)17-15(18)8-14-11(3)16-12(4)19-14/h5-7H,8H2,1-4H3,(H,17,18). The molecule has 0 saturated heterocycles.